The van der Waals surface area contributed by atoms with Crippen molar-refractivity contribution in [2.24, 2.45) is 4.99 Å². The highest BCUT2D eigenvalue weighted by Crippen LogP contribution is 2.24. The van der Waals surface area contributed by atoms with Crippen LogP contribution in [0.5, 0.6) is 0 Å². The van der Waals surface area contributed by atoms with Crippen molar-refractivity contribution in [3.05, 3.63) is 47.6 Å². The normalized spacial score (nSPS) is 11.8. The van der Waals surface area contributed by atoms with E-state index in [1.54, 1.807) is 0 Å². The number of rotatable bonds is 1. The third-order valence-corrected chi connectivity index (χ3v) is 3.32. The lowest BCUT2D eigenvalue weighted by atomic mass is 10.1. The van der Waals surface area contributed by atoms with Gasteiger partial charge in [0.05, 0.1) is 24.2 Å². The Morgan fingerprint density at radius 1 is 1.23 bits per heavy atom. The Morgan fingerprint density at radius 3 is 2.73 bits per heavy atom. The van der Waals surface area contributed by atoms with Crippen LogP contribution in [0.15, 0.2) is 41.7 Å². The number of nitrogens with one attached hydrogen (secondary N) is 1. The fraction of sp³-hybridized carbons (Fsp3) is 0.125. The number of H-pyrrole nitrogens is 1. The molecule has 3 aromatic rings. The number of amides is 1. The lowest BCUT2D eigenvalue weighted by molar-refractivity contribution is -0.116. The Kier molecular flexibility index (Phi) is 3.42. The van der Waals surface area contributed by atoms with Gasteiger partial charge in [0.15, 0.2) is 0 Å². The van der Waals surface area contributed by atoms with Crippen LogP contribution in [0.2, 0.25) is 0 Å². The number of aromatic nitrogens is 2. The Bertz CT molecular complexity index is 973. The van der Waals surface area contributed by atoms with Gasteiger partial charge < -0.3 is 9.72 Å². The minimum atomic E-state index is -0.506. The number of benzene rings is 1. The Balaban J connectivity index is 2.59. The minimum Gasteiger partial charge on any atom is -0.465 e. The van der Waals surface area contributed by atoms with E-state index in [1.807, 2.05) is 24.3 Å². The van der Waals surface area contributed by atoms with Crippen molar-refractivity contribution in [3.63, 3.8) is 0 Å². The summed E-state index contributed by atoms with van der Waals surface area (Å²) in [4.78, 5) is 34.6. The maximum absolute atomic E-state index is 12.0. The van der Waals surface area contributed by atoms with Crippen LogP contribution in [-0.2, 0) is 9.53 Å². The average Bonchev–Trinajstić information content (AvgIpc) is 2.79. The van der Waals surface area contributed by atoms with E-state index in [2.05, 4.69) is 15.0 Å². The smallest absolute Gasteiger partial charge is 0.341 e. The van der Waals surface area contributed by atoms with E-state index in [9.17, 15) is 9.59 Å². The standard InChI is InChI=1S/C16H13N3O3/c1-9(20)18-13-8-17-7-11(16(21)22-2)15-14(13)10-5-3-4-6-12(10)19-15/h3-8,19H,1-2H3. The zero-order valence-corrected chi connectivity index (χ0v) is 12.1. The highest BCUT2D eigenvalue weighted by molar-refractivity contribution is 6.13. The molecule has 0 saturated heterocycles. The van der Waals surface area contributed by atoms with E-state index in [0.717, 1.165) is 10.9 Å². The van der Waals surface area contributed by atoms with Crippen molar-refractivity contribution >= 4 is 33.7 Å². The number of aromatic amines is 1. The summed E-state index contributed by atoms with van der Waals surface area (Å²) < 4.78 is 4.81. The number of carbonyl (C=O) groups excluding carboxylic acids is 2. The van der Waals surface area contributed by atoms with E-state index < -0.39 is 5.97 Å². The van der Waals surface area contributed by atoms with Crippen LogP contribution < -0.4 is 5.36 Å². The molecule has 0 unspecified atom stereocenters. The van der Waals surface area contributed by atoms with Gasteiger partial charge in [0.25, 0.3) is 0 Å². The second kappa shape index (κ2) is 5.40. The van der Waals surface area contributed by atoms with Crippen LogP contribution in [0.4, 0.5) is 0 Å². The van der Waals surface area contributed by atoms with Crippen LogP contribution in [-0.4, -0.2) is 29.0 Å². The molecule has 0 aliphatic carbocycles. The molecule has 0 aliphatic rings. The van der Waals surface area contributed by atoms with Gasteiger partial charge >= 0.3 is 5.97 Å². The first-order valence-electron chi connectivity index (χ1n) is 6.64. The highest BCUT2D eigenvalue weighted by atomic mass is 16.5. The van der Waals surface area contributed by atoms with E-state index in [0.29, 0.717) is 21.8 Å². The predicted octanol–water partition coefficient (Wildman–Crippen LogP) is 1.95. The molecule has 22 heavy (non-hydrogen) atoms. The van der Waals surface area contributed by atoms with Gasteiger partial charge in [-0.2, -0.15) is 0 Å². The molecule has 1 amide bonds. The van der Waals surface area contributed by atoms with Crippen molar-refractivity contribution in [3.8, 4) is 0 Å². The molecule has 0 spiro atoms. The van der Waals surface area contributed by atoms with Crippen molar-refractivity contribution in [2.75, 3.05) is 7.11 Å². The molecule has 0 saturated carbocycles. The molecular formula is C16H13N3O3. The van der Waals surface area contributed by atoms with Gasteiger partial charge in [-0.05, 0) is 6.07 Å². The van der Waals surface area contributed by atoms with E-state index in [4.69, 9.17) is 4.74 Å². The molecule has 0 bridgehead atoms. The number of ether oxygens (including phenoxy) is 1. The Labute approximate surface area is 125 Å². The summed E-state index contributed by atoms with van der Waals surface area (Å²) >= 11 is 0. The van der Waals surface area contributed by atoms with Crippen LogP contribution in [0, 0.1) is 0 Å². The first-order chi connectivity index (χ1) is 10.6. The molecule has 0 atom stereocenters. The van der Waals surface area contributed by atoms with E-state index in [-0.39, 0.29) is 5.91 Å². The third-order valence-electron chi connectivity index (χ3n) is 3.32. The number of carbonyl (C=O) groups is 2. The maximum Gasteiger partial charge on any atom is 0.341 e. The molecule has 110 valence electrons. The summed E-state index contributed by atoms with van der Waals surface area (Å²) in [5.74, 6) is -0.840. The number of para-hydroxylation sites is 1. The molecule has 0 fully saturated rings. The van der Waals surface area contributed by atoms with Gasteiger partial charge in [-0.1, -0.05) is 18.2 Å². The van der Waals surface area contributed by atoms with E-state index >= 15 is 0 Å². The number of hydrogen-bond donors (Lipinski definition) is 1. The molecule has 1 aromatic carbocycles. The van der Waals surface area contributed by atoms with Gasteiger partial charge in [-0.25, -0.2) is 9.79 Å². The zero-order chi connectivity index (χ0) is 15.7. The average molecular weight is 295 g/mol. The Hall–Kier alpha value is -3.02. The lowest BCUT2D eigenvalue weighted by Crippen LogP contribution is -2.04. The van der Waals surface area contributed by atoms with E-state index in [1.165, 1.54) is 26.4 Å². The zero-order valence-electron chi connectivity index (χ0n) is 12.1. The highest BCUT2D eigenvalue weighted by Gasteiger charge is 2.15. The number of esters is 1. The molecule has 1 N–H and O–H groups in total. The number of hydrogen-bond acceptors (Lipinski definition) is 4. The summed E-state index contributed by atoms with van der Waals surface area (Å²) in [5, 5.41) is 1.94. The van der Waals surface area contributed by atoms with Crippen LogP contribution in [0.25, 0.3) is 21.8 Å². The molecule has 0 aliphatic heterocycles. The second-order valence-corrected chi connectivity index (χ2v) is 4.75. The first-order valence-corrected chi connectivity index (χ1v) is 6.64. The third kappa shape index (κ3) is 2.24. The summed E-state index contributed by atoms with van der Waals surface area (Å²) in [6.07, 6.45) is 2.87. The lowest BCUT2D eigenvalue weighted by Gasteiger charge is -1.96. The fourth-order valence-corrected chi connectivity index (χ4v) is 2.44. The first kappa shape index (κ1) is 13.9. The molecule has 0 radical (unpaired) electrons. The fourth-order valence-electron chi connectivity index (χ4n) is 2.44. The topological polar surface area (TPSA) is 84.4 Å². The molecule has 3 rings (SSSR count). The van der Waals surface area contributed by atoms with Crippen molar-refractivity contribution in [2.45, 2.75) is 6.92 Å². The summed E-state index contributed by atoms with van der Waals surface area (Å²) in [6, 6.07) is 7.55. The van der Waals surface area contributed by atoms with Gasteiger partial charge in [0.1, 0.15) is 5.56 Å². The second-order valence-electron chi connectivity index (χ2n) is 4.75. The quantitative estimate of drug-likeness (QED) is 0.695. The molecule has 6 nitrogen and oxygen atoms in total. The van der Waals surface area contributed by atoms with Gasteiger partial charge in [0.2, 0.25) is 5.91 Å². The summed E-state index contributed by atoms with van der Waals surface area (Å²) in [7, 11) is 1.31. The van der Waals surface area contributed by atoms with Crippen LogP contribution in [0.3, 0.4) is 0 Å². The molecule has 2 heterocycles. The maximum atomic E-state index is 12.0. The molecule has 6 heteroatoms. The minimum absolute atomic E-state index is 0.290. The SMILES string of the molecule is COC(=O)c1cncc(=NC(C)=O)c2c1[nH]c1ccccc12. The van der Waals surface area contributed by atoms with Crippen LogP contribution >= 0.6 is 0 Å². The van der Waals surface area contributed by atoms with Gasteiger partial charge in [-0.3, -0.25) is 9.78 Å². The van der Waals surface area contributed by atoms with Crippen molar-refractivity contribution in [1.29, 1.82) is 0 Å². The van der Waals surface area contributed by atoms with Crippen LogP contribution in [0.1, 0.15) is 17.3 Å². The Morgan fingerprint density at radius 2 is 2.00 bits per heavy atom. The summed E-state index contributed by atoms with van der Waals surface area (Å²) in [5.41, 5.74) is 1.68. The van der Waals surface area contributed by atoms with Gasteiger partial charge in [-0.15, -0.1) is 0 Å². The number of methoxy groups -OCH3 is 1. The summed E-state index contributed by atoms with van der Waals surface area (Å²) in [6.45, 7) is 1.37. The molecular weight excluding hydrogens is 282 g/mol. The number of nitrogens with zero attached hydrogens (tertiary/aromatic N) is 2. The molecule has 2 aromatic heterocycles. The van der Waals surface area contributed by atoms with Gasteiger partial charge in [0, 0.05) is 29.4 Å². The van der Waals surface area contributed by atoms with Crippen molar-refractivity contribution < 1.29 is 14.3 Å². The number of fused-ring (bicyclic) bond motifs is 3. The largest absolute Gasteiger partial charge is 0.465 e. The van der Waals surface area contributed by atoms with Crippen molar-refractivity contribution in [1.82, 2.24) is 9.97 Å². The predicted molar refractivity (Wildman–Crippen MR) is 81.2 cm³/mol. The monoisotopic (exact) mass is 295 g/mol.